The molecule has 1 aromatic rings. The second-order valence-corrected chi connectivity index (χ2v) is 5.61. The van der Waals surface area contributed by atoms with E-state index >= 15 is 0 Å². The van der Waals surface area contributed by atoms with Crippen molar-refractivity contribution >= 4 is 17.5 Å². The third-order valence-corrected chi connectivity index (χ3v) is 4.38. The Morgan fingerprint density at radius 3 is 2.26 bits per heavy atom. The van der Waals surface area contributed by atoms with Gasteiger partial charge >= 0.3 is 0 Å². The number of rotatable bonds is 1. The quantitative estimate of drug-likeness (QED) is 0.728. The number of carbonyl (C=O) groups is 2. The zero-order valence-corrected chi connectivity index (χ0v) is 11.0. The van der Waals surface area contributed by atoms with Crippen LogP contribution in [0.25, 0.3) is 0 Å². The highest BCUT2D eigenvalue weighted by Gasteiger charge is 2.51. The van der Waals surface area contributed by atoms with E-state index in [0.29, 0.717) is 12.1 Å². The van der Waals surface area contributed by atoms with Crippen LogP contribution >= 0.6 is 0 Å². The number of aromatic nitrogens is 1. The molecule has 0 bridgehead atoms. The van der Waals surface area contributed by atoms with E-state index < -0.39 is 5.41 Å². The Balaban J connectivity index is 1.92. The molecule has 1 aliphatic carbocycles. The van der Waals surface area contributed by atoms with Crippen molar-refractivity contribution in [3.8, 4) is 0 Å². The molecule has 1 saturated heterocycles. The third-order valence-electron chi connectivity index (χ3n) is 4.38. The van der Waals surface area contributed by atoms with Gasteiger partial charge in [-0.15, -0.1) is 0 Å². The molecule has 4 heteroatoms. The topological polar surface area (TPSA) is 50.3 Å². The van der Waals surface area contributed by atoms with E-state index in [1.807, 2.05) is 0 Å². The number of carbonyl (C=O) groups excluding carboxylic acids is 2. The van der Waals surface area contributed by atoms with Crippen LogP contribution in [0.15, 0.2) is 24.5 Å². The minimum absolute atomic E-state index is 0.00519. The van der Waals surface area contributed by atoms with Crippen molar-refractivity contribution in [2.45, 2.75) is 44.9 Å². The Hall–Kier alpha value is -1.71. The van der Waals surface area contributed by atoms with E-state index in [1.54, 1.807) is 24.5 Å². The number of hydrogen-bond acceptors (Lipinski definition) is 3. The summed E-state index contributed by atoms with van der Waals surface area (Å²) in [5.41, 5.74) is 0.239. The fraction of sp³-hybridized carbons (Fsp3) is 0.533. The van der Waals surface area contributed by atoms with Crippen molar-refractivity contribution in [3.63, 3.8) is 0 Å². The number of amides is 2. The average Bonchev–Trinajstić information content (AvgIpc) is 2.60. The zero-order valence-electron chi connectivity index (χ0n) is 11.0. The molecule has 0 aromatic carbocycles. The van der Waals surface area contributed by atoms with Gasteiger partial charge in [-0.05, 0) is 25.0 Å². The van der Waals surface area contributed by atoms with Gasteiger partial charge < -0.3 is 0 Å². The van der Waals surface area contributed by atoms with Gasteiger partial charge in [0.25, 0.3) is 0 Å². The fourth-order valence-corrected chi connectivity index (χ4v) is 3.34. The molecule has 100 valence electrons. The van der Waals surface area contributed by atoms with Crippen LogP contribution in [0.1, 0.15) is 44.9 Å². The molecule has 2 aliphatic rings. The van der Waals surface area contributed by atoms with Crippen LogP contribution < -0.4 is 4.90 Å². The molecule has 3 rings (SSSR count). The molecule has 2 fully saturated rings. The van der Waals surface area contributed by atoms with Gasteiger partial charge in [0.1, 0.15) is 0 Å². The van der Waals surface area contributed by atoms with Gasteiger partial charge in [-0.2, -0.15) is 0 Å². The zero-order chi connectivity index (χ0) is 13.3. The molecule has 1 saturated carbocycles. The van der Waals surface area contributed by atoms with Crippen molar-refractivity contribution in [1.82, 2.24) is 4.98 Å². The van der Waals surface area contributed by atoms with E-state index in [2.05, 4.69) is 4.98 Å². The standard InChI is InChI=1S/C15H18N2O2/c18-13-11-15(7-3-1-2-4-8-15)14(19)17(13)12-5-9-16-10-6-12/h5-6,9-10H,1-4,7-8,11H2. The monoisotopic (exact) mass is 258 g/mol. The molecule has 4 nitrogen and oxygen atoms in total. The number of nitrogens with zero attached hydrogens (tertiary/aromatic N) is 2. The van der Waals surface area contributed by atoms with Gasteiger partial charge in [0.05, 0.1) is 11.1 Å². The summed E-state index contributed by atoms with van der Waals surface area (Å²) < 4.78 is 0. The average molecular weight is 258 g/mol. The molecule has 1 spiro atoms. The summed E-state index contributed by atoms with van der Waals surface area (Å²) in [6.07, 6.45) is 9.82. The fourth-order valence-electron chi connectivity index (χ4n) is 3.34. The third kappa shape index (κ3) is 2.05. The van der Waals surface area contributed by atoms with Crippen molar-refractivity contribution in [2.24, 2.45) is 5.41 Å². The molecular weight excluding hydrogens is 240 g/mol. The van der Waals surface area contributed by atoms with Gasteiger partial charge in [-0.1, -0.05) is 25.7 Å². The lowest BCUT2D eigenvalue weighted by atomic mass is 9.79. The second kappa shape index (κ2) is 4.76. The largest absolute Gasteiger partial charge is 0.274 e. The van der Waals surface area contributed by atoms with Gasteiger partial charge in [0.2, 0.25) is 11.8 Å². The van der Waals surface area contributed by atoms with Gasteiger partial charge in [-0.3, -0.25) is 14.6 Å². The van der Waals surface area contributed by atoms with Crippen LogP contribution in [0.2, 0.25) is 0 Å². The molecular formula is C15H18N2O2. The van der Waals surface area contributed by atoms with Crippen LogP contribution in [-0.4, -0.2) is 16.8 Å². The van der Waals surface area contributed by atoms with Crippen LogP contribution in [-0.2, 0) is 9.59 Å². The highest BCUT2D eigenvalue weighted by Crippen LogP contribution is 2.45. The summed E-state index contributed by atoms with van der Waals surface area (Å²) in [7, 11) is 0. The van der Waals surface area contributed by atoms with Crippen molar-refractivity contribution in [3.05, 3.63) is 24.5 Å². The Bertz CT molecular complexity index is 490. The molecule has 0 unspecified atom stereocenters. The highest BCUT2D eigenvalue weighted by atomic mass is 16.2. The molecule has 0 atom stereocenters. The van der Waals surface area contributed by atoms with Crippen LogP contribution in [0.5, 0.6) is 0 Å². The summed E-state index contributed by atoms with van der Waals surface area (Å²) >= 11 is 0. The first kappa shape index (κ1) is 12.3. The number of anilines is 1. The summed E-state index contributed by atoms with van der Waals surface area (Å²) in [4.78, 5) is 30.3. The van der Waals surface area contributed by atoms with Crippen molar-refractivity contribution in [1.29, 1.82) is 0 Å². The minimum Gasteiger partial charge on any atom is -0.274 e. The van der Waals surface area contributed by atoms with Crippen LogP contribution in [0, 0.1) is 5.41 Å². The number of hydrogen-bond donors (Lipinski definition) is 0. The molecule has 1 aromatic heterocycles. The summed E-state index contributed by atoms with van der Waals surface area (Å²) in [6, 6.07) is 3.46. The SMILES string of the molecule is O=C1CC2(CCCCCC2)C(=O)N1c1ccncc1. The summed E-state index contributed by atoms with van der Waals surface area (Å²) in [5.74, 6) is -0.0521. The first-order chi connectivity index (χ1) is 9.23. The molecule has 2 heterocycles. The first-order valence-electron chi connectivity index (χ1n) is 7.00. The normalized spacial score (nSPS) is 22.8. The second-order valence-electron chi connectivity index (χ2n) is 5.61. The van der Waals surface area contributed by atoms with E-state index in [0.717, 1.165) is 25.7 Å². The van der Waals surface area contributed by atoms with Gasteiger partial charge in [0, 0.05) is 18.8 Å². The molecule has 1 aliphatic heterocycles. The lowest BCUT2D eigenvalue weighted by Gasteiger charge is -2.24. The molecule has 2 amide bonds. The van der Waals surface area contributed by atoms with E-state index in [9.17, 15) is 9.59 Å². The number of pyridine rings is 1. The van der Waals surface area contributed by atoms with Crippen molar-refractivity contribution in [2.75, 3.05) is 4.90 Å². The van der Waals surface area contributed by atoms with E-state index in [1.165, 1.54) is 17.7 Å². The Morgan fingerprint density at radius 2 is 1.63 bits per heavy atom. The minimum atomic E-state index is -0.420. The number of imide groups is 1. The van der Waals surface area contributed by atoms with Crippen molar-refractivity contribution < 1.29 is 9.59 Å². The van der Waals surface area contributed by atoms with E-state index in [-0.39, 0.29) is 11.8 Å². The lowest BCUT2D eigenvalue weighted by molar-refractivity contribution is -0.126. The Kier molecular flexibility index (Phi) is 3.09. The highest BCUT2D eigenvalue weighted by molar-refractivity contribution is 6.22. The van der Waals surface area contributed by atoms with Gasteiger partial charge in [-0.25, -0.2) is 4.90 Å². The summed E-state index contributed by atoms with van der Waals surface area (Å²) in [5, 5.41) is 0. The Labute approximate surface area is 112 Å². The molecule has 0 radical (unpaired) electrons. The van der Waals surface area contributed by atoms with E-state index in [4.69, 9.17) is 0 Å². The van der Waals surface area contributed by atoms with Crippen LogP contribution in [0.3, 0.4) is 0 Å². The maximum absolute atomic E-state index is 12.7. The smallest absolute Gasteiger partial charge is 0.240 e. The Morgan fingerprint density at radius 1 is 1.00 bits per heavy atom. The maximum Gasteiger partial charge on any atom is 0.240 e. The lowest BCUT2D eigenvalue weighted by Crippen LogP contribution is -2.35. The first-order valence-corrected chi connectivity index (χ1v) is 7.00. The predicted molar refractivity (Wildman–Crippen MR) is 71.5 cm³/mol. The van der Waals surface area contributed by atoms with Gasteiger partial charge in [0.15, 0.2) is 0 Å². The van der Waals surface area contributed by atoms with Crippen LogP contribution in [0.4, 0.5) is 5.69 Å². The molecule has 0 N–H and O–H groups in total. The maximum atomic E-state index is 12.7. The summed E-state index contributed by atoms with van der Waals surface area (Å²) in [6.45, 7) is 0. The predicted octanol–water partition coefficient (Wildman–Crippen LogP) is 2.69. The molecule has 19 heavy (non-hydrogen) atoms.